The van der Waals surface area contributed by atoms with E-state index in [4.69, 9.17) is 9.47 Å². The topological polar surface area (TPSA) is 93.7 Å². The van der Waals surface area contributed by atoms with Crippen LogP contribution in [-0.4, -0.2) is 44.6 Å². The Hall–Kier alpha value is -4.39. The van der Waals surface area contributed by atoms with Crippen molar-refractivity contribution in [2.24, 2.45) is 0 Å². The van der Waals surface area contributed by atoms with Gasteiger partial charge in [-0.15, -0.1) is 0 Å². The third-order valence-electron chi connectivity index (χ3n) is 7.16. The summed E-state index contributed by atoms with van der Waals surface area (Å²) in [4.78, 5) is 39.3. The van der Waals surface area contributed by atoms with Crippen LogP contribution in [0.2, 0.25) is 0 Å². The zero-order valence-electron chi connectivity index (χ0n) is 22.2. The van der Waals surface area contributed by atoms with Gasteiger partial charge >= 0.3 is 5.97 Å². The number of nitrogens with one attached hydrogen (secondary N) is 2. The van der Waals surface area contributed by atoms with Gasteiger partial charge in [0.2, 0.25) is 5.91 Å². The van der Waals surface area contributed by atoms with Gasteiger partial charge in [-0.2, -0.15) is 0 Å². The number of amides is 2. The monoisotopic (exact) mass is 526 g/mol. The molecule has 0 fully saturated rings. The molecule has 0 spiro atoms. The molecule has 1 aliphatic rings. The van der Waals surface area contributed by atoms with Crippen molar-refractivity contribution in [1.29, 1.82) is 0 Å². The quantitative estimate of drug-likeness (QED) is 0.218. The van der Waals surface area contributed by atoms with Crippen LogP contribution in [0.1, 0.15) is 52.2 Å². The molecule has 0 saturated heterocycles. The molecule has 2 atom stereocenters. The molecule has 3 aromatic carbocycles. The van der Waals surface area contributed by atoms with Crippen LogP contribution in [0, 0.1) is 0 Å². The minimum absolute atomic E-state index is 0.0976. The summed E-state index contributed by atoms with van der Waals surface area (Å²) in [5, 5.41) is 5.89. The second-order valence-corrected chi connectivity index (χ2v) is 9.44. The van der Waals surface area contributed by atoms with E-state index in [9.17, 15) is 14.4 Å². The number of methoxy groups -OCH3 is 1. The first kappa shape index (κ1) is 27.6. The maximum absolute atomic E-state index is 13.5. The molecule has 3 aromatic rings. The van der Waals surface area contributed by atoms with E-state index in [0.717, 1.165) is 16.7 Å². The summed E-state index contributed by atoms with van der Waals surface area (Å²) in [7, 11) is 1.53. The van der Waals surface area contributed by atoms with Crippen LogP contribution in [0.15, 0.2) is 91.5 Å². The Morgan fingerprint density at radius 1 is 0.949 bits per heavy atom. The van der Waals surface area contributed by atoms with Crippen molar-refractivity contribution >= 4 is 17.8 Å². The molecule has 0 saturated carbocycles. The molecule has 7 nitrogen and oxygen atoms in total. The van der Waals surface area contributed by atoms with Gasteiger partial charge in [0.05, 0.1) is 18.6 Å². The summed E-state index contributed by atoms with van der Waals surface area (Å²) in [5.74, 6) is -0.543. The molecule has 7 heteroatoms. The summed E-state index contributed by atoms with van der Waals surface area (Å²) in [6, 6.07) is 24.3. The summed E-state index contributed by atoms with van der Waals surface area (Å²) in [5.41, 5.74) is 1.93. The van der Waals surface area contributed by atoms with Gasteiger partial charge in [-0.1, -0.05) is 79.4 Å². The van der Waals surface area contributed by atoms with E-state index < -0.39 is 11.3 Å². The number of esters is 1. The highest BCUT2D eigenvalue weighted by atomic mass is 16.5. The van der Waals surface area contributed by atoms with Crippen LogP contribution >= 0.6 is 0 Å². The van der Waals surface area contributed by atoms with Crippen LogP contribution in [0.5, 0.6) is 5.75 Å². The Morgan fingerprint density at radius 2 is 1.64 bits per heavy atom. The Morgan fingerprint density at radius 3 is 2.41 bits per heavy atom. The zero-order valence-corrected chi connectivity index (χ0v) is 22.2. The van der Waals surface area contributed by atoms with Gasteiger partial charge in [-0.3, -0.25) is 14.4 Å². The summed E-state index contributed by atoms with van der Waals surface area (Å²) < 4.78 is 10.8. The van der Waals surface area contributed by atoms with E-state index in [1.54, 1.807) is 24.3 Å². The molecular weight excluding hydrogens is 492 g/mol. The van der Waals surface area contributed by atoms with Gasteiger partial charge in [0.15, 0.2) is 0 Å². The minimum Gasteiger partial charge on any atom is -0.496 e. The van der Waals surface area contributed by atoms with Crippen molar-refractivity contribution in [3.8, 4) is 5.75 Å². The lowest BCUT2D eigenvalue weighted by molar-refractivity contribution is -0.148. The molecule has 2 N–H and O–H groups in total. The van der Waals surface area contributed by atoms with E-state index in [1.807, 2.05) is 60.7 Å². The maximum Gasteiger partial charge on any atom is 0.321 e. The first-order valence-corrected chi connectivity index (χ1v) is 13.1. The highest BCUT2D eigenvalue weighted by Gasteiger charge is 2.49. The van der Waals surface area contributed by atoms with Crippen molar-refractivity contribution in [1.82, 2.24) is 10.6 Å². The summed E-state index contributed by atoms with van der Waals surface area (Å²) in [6.07, 6.45) is 3.06. The maximum atomic E-state index is 13.5. The van der Waals surface area contributed by atoms with E-state index in [-0.39, 0.29) is 24.4 Å². The first-order chi connectivity index (χ1) is 19.0. The average Bonchev–Trinajstić information content (AvgIpc) is 2.99. The smallest absolute Gasteiger partial charge is 0.321 e. The fourth-order valence-electron chi connectivity index (χ4n) is 5.28. The number of carbonyl (C=O) groups is 3. The lowest BCUT2D eigenvalue weighted by Gasteiger charge is -2.40. The highest BCUT2D eigenvalue weighted by Crippen LogP contribution is 2.47. The fraction of sp³-hybridized carbons (Fsp3) is 0.281. The van der Waals surface area contributed by atoms with Gasteiger partial charge < -0.3 is 20.1 Å². The first-order valence-electron chi connectivity index (χ1n) is 13.1. The Bertz CT molecular complexity index is 1320. The van der Waals surface area contributed by atoms with Crippen molar-refractivity contribution in [3.05, 3.63) is 114 Å². The van der Waals surface area contributed by atoms with E-state index in [0.29, 0.717) is 43.7 Å². The molecule has 0 heterocycles. The lowest BCUT2D eigenvalue weighted by Crippen LogP contribution is -2.45. The van der Waals surface area contributed by atoms with Gasteiger partial charge in [0.25, 0.3) is 5.91 Å². The second-order valence-electron chi connectivity index (χ2n) is 9.44. The van der Waals surface area contributed by atoms with Crippen LogP contribution in [0.4, 0.5) is 0 Å². The van der Waals surface area contributed by atoms with Crippen molar-refractivity contribution in [3.63, 3.8) is 0 Å². The minimum atomic E-state index is -1.000. The van der Waals surface area contributed by atoms with Crippen LogP contribution < -0.4 is 15.4 Å². The highest BCUT2D eigenvalue weighted by molar-refractivity contribution is 5.97. The standard InChI is InChI=1S/C32H34N2O5/c1-3-22-39-31(37)32(23-12-5-4-6-13-23)19-18-25(24-14-7-9-16-27(24)32)29(35)33-20-11-21-34-30(36)26-15-8-10-17-28(26)38-2/h3-10,12-17,25H,1,11,18-22H2,2H3,(H,33,35)(H,34,36)/t25-,32+/m1/s1. The van der Waals surface area contributed by atoms with Gasteiger partial charge in [-0.05, 0) is 48.1 Å². The van der Waals surface area contributed by atoms with E-state index in [1.165, 1.54) is 7.11 Å². The van der Waals surface area contributed by atoms with Crippen molar-refractivity contribution in [2.45, 2.75) is 30.6 Å². The number of carbonyl (C=O) groups excluding carboxylic acids is 3. The Kier molecular flexibility index (Phi) is 9.15. The van der Waals surface area contributed by atoms with Crippen LogP contribution in [-0.2, 0) is 19.7 Å². The Labute approximate surface area is 229 Å². The van der Waals surface area contributed by atoms with Gasteiger partial charge in [0, 0.05) is 13.1 Å². The molecule has 202 valence electrons. The van der Waals surface area contributed by atoms with E-state index >= 15 is 0 Å². The van der Waals surface area contributed by atoms with Crippen LogP contribution in [0.3, 0.4) is 0 Å². The molecule has 2 amide bonds. The molecule has 0 bridgehead atoms. The van der Waals surface area contributed by atoms with Gasteiger partial charge in [0.1, 0.15) is 17.8 Å². The molecule has 39 heavy (non-hydrogen) atoms. The molecule has 0 radical (unpaired) electrons. The Balaban J connectivity index is 1.44. The fourth-order valence-corrected chi connectivity index (χ4v) is 5.28. The third kappa shape index (κ3) is 5.87. The molecule has 0 aromatic heterocycles. The van der Waals surface area contributed by atoms with E-state index in [2.05, 4.69) is 17.2 Å². The normalized spacial score (nSPS) is 17.8. The van der Waals surface area contributed by atoms with Crippen LogP contribution in [0.25, 0.3) is 0 Å². The number of rotatable bonds is 11. The predicted octanol–water partition coefficient (Wildman–Crippen LogP) is 4.52. The molecule has 1 aliphatic carbocycles. The number of fused-ring (bicyclic) bond motifs is 1. The molecule has 0 unspecified atom stereocenters. The number of hydrogen-bond acceptors (Lipinski definition) is 5. The second kappa shape index (κ2) is 12.9. The number of benzene rings is 3. The molecule has 0 aliphatic heterocycles. The zero-order chi connectivity index (χ0) is 27.7. The lowest BCUT2D eigenvalue weighted by atomic mass is 9.63. The third-order valence-corrected chi connectivity index (χ3v) is 7.16. The predicted molar refractivity (Wildman–Crippen MR) is 150 cm³/mol. The average molecular weight is 527 g/mol. The number of para-hydroxylation sites is 1. The largest absolute Gasteiger partial charge is 0.496 e. The van der Waals surface area contributed by atoms with Crippen molar-refractivity contribution in [2.75, 3.05) is 26.8 Å². The number of hydrogen-bond donors (Lipinski definition) is 2. The van der Waals surface area contributed by atoms with Crippen molar-refractivity contribution < 1.29 is 23.9 Å². The molecule has 4 rings (SSSR count). The summed E-state index contributed by atoms with van der Waals surface area (Å²) in [6.45, 7) is 4.61. The molecular formula is C32H34N2O5. The SMILES string of the molecule is C=CCOC(=O)[C@]1(c2ccccc2)CC[C@@H](C(=O)NCCCNC(=O)c2ccccc2OC)c2ccccc21. The number of ether oxygens (including phenoxy) is 2. The summed E-state index contributed by atoms with van der Waals surface area (Å²) >= 11 is 0. The van der Waals surface area contributed by atoms with Gasteiger partial charge in [-0.25, -0.2) is 0 Å².